The molecule has 1 atom stereocenters. The van der Waals surface area contributed by atoms with Crippen molar-refractivity contribution in [3.05, 3.63) is 40.9 Å². The van der Waals surface area contributed by atoms with Gasteiger partial charge in [0.1, 0.15) is 0 Å². The summed E-state index contributed by atoms with van der Waals surface area (Å²) in [6.07, 6.45) is 9.85. The summed E-state index contributed by atoms with van der Waals surface area (Å²) in [5, 5.41) is 10.5. The Balaban J connectivity index is 1.50. The fourth-order valence-corrected chi connectivity index (χ4v) is 5.74. The Kier molecular flexibility index (Phi) is 8.75. The maximum atomic E-state index is 12.5. The number of carbonyl (C=O) groups excluding carboxylic acids is 1. The minimum atomic E-state index is -0.991. The number of thiazole rings is 1. The van der Waals surface area contributed by atoms with Crippen LogP contribution in [-0.2, 0) is 11.2 Å². The van der Waals surface area contributed by atoms with Gasteiger partial charge in [0.2, 0.25) is 5.91 Å². The third-order valence-corrected chi connectivity index (χ3v) is 7.54. The number of unbranched alkanes of at least 4 members (excludes halogenated alkanes) is 4. The van der Waals surface area contributed by atoms with E-state index in [0.29, 0.717) is 6.42 Å². The summed E-state index contributed by atoms with van der Waals surface area (Å²) >= 11 is 2.93. The average Bonchev–Trinajstić information content (AvgIpc) is 3.36. The first-order chi connectivity index (χ1) is 14.6. The molecule has 5 nitrogen and oxygen atoms in total. The van der Waals surface area contributed by atoms with Crippen LogP contribution in [0.15, 0.2) is 34.0 Å². The maximum absolute atomic E-state index is 12.5. The van der Waals surface area contributed by atoms with E-state index < -0.39 is 5.97 Å². The molecule has 0 unspecified atom stereocenters. The smallest absolute Gasteiger partial charge is 0.355 e. The summed E-state index contributed by atoms with van der Waals surface area (Å²) in [5.41, 5.74) is 2.43. The van der Waals surface area contributed by atoms with Gasteiger partial charge in [0.25, 0.3) is 0 Å². The molecule has 1 N–H and O–H groups in total. The number of aromatic carboxylic acids is 1. The molecule has 0 saturated carbocycles. The molecule has 1 aromatic carbocycles. The second-order valence-electron chi connectivity index (χ2n) is 7.73. The van der Waals surface area contributed by atoms with Crippen molar-refractivity contribution in [3.63, 3.8) is 0 Å². The van der Waals surface area contributed by atoms with Crippen molar-refractivity contribution in [1.29, 1.82) is 0 Å². The summed E-state index contributed by atoms with van der Waals surface area (Å²) in [7, 11) is 0. The number of nitrogens with zero attached hydrogens (tertiary/aromatic N) is 2. The lowest BCUT2D eigenvalue weighted by Gasteiger charge is -2.25. The summed E-state index contributed by atoms with van der Waals surface area (Å²) < 4.78 is 0.770. The lowest BCUT2D eigenvalue weighted by Crippen LogP contribution is -2.33. The van der Waals surface area contributed by atoms with Crippen LogP contribution < -0.4 is 4.90 Å². The molecular weight excluding hydrogens is 416 g/mol. The first kappa shape index (κ1) is 22.8. The van der Waals surface area contributed by atoms with E-state index in [4.69, 9.17) is 5.11 Å². The molecule has 0 aliphatic carbocycles. The van der Waals surface area contributed by atoms with Gasteiger partial charge in [-0.3, -0.25) is 4.79 Å². The molecule has 1 aliphatic heterocycles. The molecule has 162 valence electrons. The van der Waals surface area contributed by atoms with Crippen LogP contribution in [0.4, 0.5) is 5.69 Å². The molecule has 1 amide bonds. The topological polar surface area (TPSA) is 70.5 Å². The third-order valence-electron chi connectivity index (χ3n) is 5.49. The van der Waals surface area contributed by atoms with Crippen molar-refractivity contribution in [2.45, 2.75) is 75.1 Å². The molecule has 1 aliphatic rings. The zero-order valence-corrected chi connectivity index (χ0v) is 19.1. The van der Waals surface area contributed by atoms with Crippen molar-refractivity contribution in [3.8, 4) is 0 Å². The van der Waals surface area contributed by atoms with Crippen LogP contribution in [-0.4, -0.2) is 33.8 Å². The number of hydrogen-bond donors (Lipinski definition) is 1. The zero-order valence-electron chi connectivity index (χ0n) is 17.5. The van der Waals surface area contributed by atoms with Gasteiger partial charge in [-0.25, -0.2) is 9.78 Å². The van der Waals surface area contributed by atoms with Crippen molar-refractivity contribution in [2.75, 3.05) is 10.7 Å². The molecular formula is C23H30N2O3S2. The number of aryl methyl sites for hydroxylation is 1. The second kappa shape index (κ2) is 11.5. The van der Waals surface area contributed by atoms with E-state index in [-0.39, 0.29) is 17.6 Å². The number of carboxylic acids is 1. The van der Waals surface area contributed by atoms with Gasteiger partial charge in [0.05, 0.1) is 0 Å². The summed E-state index contributed by atoms with van der Waals surface area (Å²) in [6.45, 7) is 2.23. The standard InChI is InChI=1S/C23H30N2O3S2/c1-2-3-4-5-6-7-17-8-10-18(11-9-17)25-19(12-13-21(25)26)14-15-29-23-24-20(16-30-23)22(27)28/h8-11,16,19H,2-7,12-15H2,1H3,(H,27,28)/t19-/m1/s1. The van der Waals surface area contributed by atoms with E-state index in [1.165, 1.54) is 49.0 Å². The molecule has 0 bridgehead atoms. The molecule has 2 aromatic rings. The van der Waals surface area contributed by atoms with Gasteiger partial charge in [0, 0.05) is 29.3 Å². The van der Waals surface area contributed by atoms with Crippen molar-refractivity contribution < 1.29 is 14.7 Å². The fraction of sp³-hybridized carbons (Fsp3) is 0.522. The summed E-state index contributed by atoms with van der Waals surface area (Å²) in [4.78, 5) is 29.5. The predicted molar refractivity (Wildman–Crippen MR) is 124 cm³/mol. The molecule has 7 heteroatoms. The molecule has 1 saturated heterocycles. The number of thioether (sulfide) groups is 1. The Labute approximate surface area is 186 Å². The van der Waals surface area contributed by atoms with Crippen molar-refractivity contribution in [1.82, 2.24) is 4.98 Å². The van der Waals surface area contributed by atoms with Gasteiger partial charge < -0.3 is 10.0 Å². The summed E-state index contributed by atoms with van der Waals surface area (Å²) in [6, 6.07) is 8.70. The van der Waals surface area contributed by atoms with E-state index in [0.717, 1.165) is 35.0 Å². The molecule has 0 radical (unpaired) electrons. The Morgan fingerprint density at radius 3 is 2.70 bits per heavy atom. The minimum absolute atomic E-state index is 0.102. The lowest BCUT2D eigenvalue weighted by atomic mass is 10.0. The predicted octanol–water partition coefficient (Wildman–Crippen LogP) is 6.03. The number of amides is 1. The highest BCUT2D eigenvalue weighted by atomic mass is 32.2. The van der Waals surface area contributed by atoms with Crippen LogP contribution in [0, 0.1) is 0 Å². The van der Waals surface area contributed by atoms with E-state index >= 15 is 0 Å². The van der Waals surface area contributed by atoms with Gasteiger partial charge in [-0.05, 0) is 43.4 Å². The highest BCUT2D eigenvalue weighted by molar-refractivity contribution is 8.01. The molecule has 3 rings (SSSR count). The monoisotopic (exact) mass is 446 g/mol. The van der Waals surface area contributed by atoms with Gasteiger partial charge in [-0.2, -0.15) is 0 Å². The summed E-state index contributed by atoms with van der Waals surface area (Å²) in [5.74, 6) is 0.0198. The van der Waals surface area contributed by atoms with Gasteiger partial charge in [-0.1, -0.05) is 56.5 Å². The van der Waals surface area contributed by atoms with Crippen LogP contribution in [0.25, 0.3) is 0 Å². The minimum Gasteiger partial charge on any atom is -0.476 e. The van der Waals surface area contributed by atoms with E-state index in [2.05, 4.69) is 36.2 Å². The fourth-order valence-electron chi connectivity index (χ4n) is 3.83. The maximum Gasteiger partial charge on any atom is 0.355 e. The molecule has 1 aromatic heterocycles. The van der Waals surface area contributed by atoms with Gasteiger partial charge in [-0.15, -0.1) is 11.3 Å². The first-order valence-electron chi connectivity index (χ1n) is 10.8. The number of anilines is 1. The molecule has 0 spiro atoms. The van der Waals surface area contributed by atoms with E-state index in [1.807, 2.05) is 4.90 Å². The largest absolute Gasteiger partial charge is 0.476 e. The Hall–Kier alpha value is -1.86. The Bertz CT molecular complexity index is 835. The normalized spacial score (nSPS) is 16.4. The average molecular weight is 447 g/mol. The van der Waals surface area contributed by atoms with E-state index in [1.54, 1.807) is 17.1 Å². The van der Waals surface area contributed by atoms with E-state index in [9.17, 15) is 9.59 Å². The number of carbonyl (C=O) groups is 2. The SMILES string of the molecule is CCCCCCCc1ccc(N2C(=O)CC[C@@H]2CCSc2nc(C(=O)O)cs2)cc1. The highest BCUT2D eigenvalue weighted by Crippen LogP contribution is 2.31. The van der Waals surface area contributed by atoms with Crippen LogP contribution in [0.3, 0.4) is 0 Å². The zero-order chi connectivity index (χ0) is 21.3. The van der Waals surface area contributed by atoms with Crippen LogP contribution in [0.5, 0.6) is 0 Å². The second-order valence-corrected chi connectivity index (χ2v) is 9.93. The molecule has 30 heavy (non-hydrogen) atoms. The van der Waals surface area contributed by atoms with Crippen LogP contribution in [0.2, 0.25) is 0 Å². The molecule has 2 heterocycles. The van der Waals surface area contributed by atoms with Crippen molar-refractivity contribution in [2.24, 2.45) is 0 Å². The van der Waals surface area contributed by atoms with Gasteiger partial charge in [0.15, 0.2) is 10.0 Å². The van der Waals surface area contributed by atoms with Gasteiger partial charge >= 0.3 is 5.97 Å². The number of carboxylic acid groups (broad SMARTS) is 1. The Morgan fingerprint density at radius 2 is 2.00 bits per heavy atom. The molecule has 1 fully saturated rings. The number of rotatable bonds is 12. The van der Waals surface area contributed by atoms with Crippen molar-refractivity contribution >= 4 is 40.7 Å². The number of hydrogen-bond acceptors (Lipinski definition) is 5. The number of aromatic nitrogens is 1. The first-order valence-corrected chi connectivity index (χ1v) is 12.7. The van der Waals surface area contributed by atoms with Crippen LogP contribution >= 0.6 is 23.1 Å². The highest BCUT2D eigenvalue weighted by Gasteiger charge is 2.31. The Morgan fingerprint density at radius 1 is 1.23 bits per heavy atom. The quantitative estimate of drug-likeness (QED) is 0.318. The third kappa shape index (κ3) is 6.32. The lowest BCUT2D eigenvalue weighted by molar-refractivity contribution is -0.117. The van der Waals surface area contributed by atoms with Crippen LogP contribution in [0.1, 0.15) is 74.3 Å². The number of benzene rings is 1.